The standard InChI is InChI=1S/C27H37FN6/c1-4-10-26-25(21-32(6-3)20-23-12-7-8-14-29-23)27(33-17-15-31(5-2)16-18-33)34(30-26)24-13-9-11-22(28)19-24/h7-9,11-14,19H,4-6,10,15-18,20-21H2,1-3H3. The molecule has 1 saturated heterocycles. The zero-order valence-corrected chi connectivity index (χ0v) is 20.8. The fraction of sp³-hybridized carbons (Fsp3) is 0.481. The molecule has 0 atom stereocenters. The van der Waals surface area contributed by atoms with Gasteiger partial charge >= 0.3 is 0 Å². The number of piperazine rings is 1. The van der Waals surface area contributed by atoms with Gasteiger partial charge in [0.1, 0.15) is 11.6 Å². The van der Waals surface area contributed by atoms with E-state index in [1.807, 2.05) is 29.1 Å². The summed E-state index contributed by atoms with van der Waals surface area (Å²) in [6.45, 7) is 14.1. The largest absolute Gasteiger partial charge is 0.354 e. The van der Waals surface area contributed by atoms with Gasteiger partial charge in [-0.3, -0.25) is 9.88 Å². The summed E-state index contributed by atoms with van der Waals surface area (Å²) in [5.74, 6) is 0.878. The molecular formula is C27H37FN6. The van der Waals surface area contributed by atoms with Gasteiger partial charge in [-0.1, -0.05) is 39.3 Å². The first-order chi connectivity index (χ1) is 16.6. The molecule has 0 amide bonds. The molecule has 1 aliphatic rings. The van der Waals surface area contributed by atoms with Crippen molar-refractivity contribution in [1.82, 2.24) is 24.6 Å². The molecule has 2 aromatic heterocycles. The minimum absolute atomic E-state index is 0.237. The average Bonchev–Trinajstić information content (AvgIpc) is 3.22. The lowest BCUT2D eigenvalue weighted by Crippen LogP contribution is -2.47. The van der Waals surface area contributed by atoms with E-state index in [1.54, 1.807) is 12.1 Å². The van der Waals surface area contributed by atoms with Crippen molar-refractivity contribution in [2.75, 3.05) is 44.2 Å². The Morgan fingerprint density at radius 1 is 0.971 bits per heavy atom. The molecule has 3 heterocycles. The van der Waals surface area contributed by atoms with Gasteiger partial charge in [0, 0.05) is 51.0 Å². The zero-order chi connectivity index (χ0) is 23.9. The van der Waals surface area contributed by atoms with Crippen LogP contribution in [0.5, 0.6) is 0 Å². The number of nitrogens with zero attached hydrogens (tertiary/aromatic N) is 6. The molecule has 0 saturated carbocycles. The minimum Gasteiger partial charge on any atom is -0.354 e. The maximum Gasteiger partial charge on any atom is 0.137 e. The number of anilines is 1. The highest BCUT2D eigenvalue weighted by molar-refractivity contribution is 5.56. The lowest BCUT2D eigenvalue weighted by Gasteiger charge is -2.36. The van der Waals surface area contributed by atoms with E-state index in [4.69, 9.17) is 5.10 Å². The van der Waals surface area contributed by atoms with Crippen LogP contribution in [0.4, 0.5) is 10.2 Å². The van der Waals surface area contributed by atoms with E-state index in [0.29, 0.717) is 0 Å². The highest BCUT2D eigenvalue weighted by Crippen LogP contribution is 2.31. The fourth-order valence-corrected chi connectivity index (χ4v) is 4.70. The van der Waals surface area contributed by atoms with Crippen LogP contribution in [0.15, 0.2) is 48.7 Å². The van der Waals surface area contributed by atoms with Crippen molar-refractivity contribution in [3.05, 3.63) is 71.4 Å². The molecule has 1 fully saturated rings. The highest BCUT2D eigenvalue weighted by Gasteiger charge is 2.27. The second kappa shape index (κ2) is 11.6. The van der Waals surface area contributed by atoms with Gasteiger partial charge in [-0.2, -0.15) is 5.10 Å². The van der Waals surface area contributed by atoms with Crippen molar-refractivity contribution in [2.24, 2.45) is 0 Å². The van der Waals surface area contributed by atoms with E-state index < -0.39 is 0 Å². The quantitative estimate of drug-likeness (QED) is 0.441. The van der Waals surface area contributed by atoms with Crippen molar-refractivity contribution < 1.29 is 4.39 Å². The molecule has 1 aliphatic heterocycles. The topological polar surface area (TPSA) is 40.4 Å². The van der Waals surface area contributed by atoms with Gasteiger partial charge in [-0.15, -0.1) is 0 Å². The second-order valence-corrected chi connectivity index (χ2v) is 8.94. The lowest BCUT2D eigenvalue weighted by atomic mass is 10.1. The van der Waals surface area contributed by atoms with E-state index >= 15 is 0 Å². The van der Waals surface area contributed by atoms with E-state index in [0.717, 1.165) is 88.1 Å². The number of rotatable bonds is 10. The van der Waals surface area contributed by atoms with Gasteiger partial charge in [0.25, 0.3) is 0 Å². The van der Waals surface area contributed by atoms with Crippen LogP contribution in [0.2, 0.25) is 0 Å². The normalized spacial score (nSPS) is 14.8. The first-order valence-corrected chi connectivity index (χ1v) is 12.6. The average molecular weight is 465 g/mol. The van der Waals surface area contributed by atoms with Crippen LogP contribution in [0.1, 0.15) is 44.1 Å². The van der Waals surface area contributed by atoms with Crippen molar-refractivity contribution in [3.63, 3.8) is 0 Å². The summed E-state index contributed by atoms with van der Waals surface area (Å²) in [6.07, 6.45) is 3.77. The molecule has 7 heteroatoms. The first kappa shape index (κ1) is 24.4. The molecule has 0 spiro atoms. The van der Waals surface area contributed by atoms with Crippen molar-refractivity contribution in [2.45, 2.75) is 46.7 Å². The summed E-state index contributed by atoms with van der Waals surface area (Å²) in [7, 11) is 0. The monoisotopic (exact) mass is 464 g/mol. The van der Waals surface area contributed by atoms with Gasteiger partial charge < -0.3 is 9.80 Å². The third-order valence-electron chi connectivity index (χ3n) is 6.64. The van der Waals surface area contributed by atoms with Crippen LogP contribution < -0.4 is 4.90 Å². The summed E-state index contributed by atoms with van der Waals surface area (Å²) < 4.78 is 16.2. The van der Waals surface area contributed by atoms with E-state index in [1.165, 1.54) is 11.6 Å². The van der Waals surface area contributed by atoms with Crippen LogP contribution in [-0.4, -0.2) is 63.8 Å². The van der Waals surface area contributed by atoms with Gasteiger partial charge in [0.15, 0.2) is 0 Å². The van der Waals surface area contributed by atoms with Crippen LogP contribution in [0, 0.1) is 5.82 Å². The lowest BCUT2D eigenvalue weighted by molar-refractivity contribution is 0.262. The van der Waals surface area contributed by atoms with Crippen molar-refractivity contribution in [1.29, 1.82) is 0 Å². The van der Waals surface area contributed by atoms with Crippen LogP contribution >= 0.6 is 0 Å². The van der Waals surface area contributed by atoms with Crippen LogP contribution in [-0.2, 0) is 19.5 Å². The number of likely N-dealkylation sites (N-methyl/N-ethyl adjacent to an activating group) is 1. The predicted molar refractivity (Wildman–Crippen MR) is 136 cm³/mol. The summed E-state index contributed by atoms with van der Waals surface area (Å²) in [5.41, 5.74) is 4.22. The SMILES string of the molecule is CCCc1nn(-c2cccc(F)c2)c(N2CCN(CC)CC2)c1CN(CC)Cc1ccccn1. The minimum atomic E-state index is -0.237. The summed E-state index contributed by atoms with van der Waals surface area (Å²) in [6, 6.07) is 12.9. The highest BCUT2D eigenvalue weighted by atomic mass is 19.1. The molecule has 34 heavy (non-hydrogen) atoms. The molecule has 182 valence electrons. The Hall–Kier alpha value is -2.77. The Morgan fingerprint density at radius 2 is 1.79 bits per heavy atom. The molecule has 1 aromatic carbocycles. The number of hydrogen-bond donors (Lipinski definition) is 0. The maximum atomic E-state index is 14.2. The number of aryl methyl sites for hydroxylation is 1. The molecule has 3 aromatic rings. The maximum absolute atomic E-state index is 14.2. The Morgan fingerprint density at radius 3 is 2.44 bits per heavy atom. The third kappa shape index (κ3) is 5.65. The Kier molecular flexibility index (Phi) is 8.29. The van der Waals surface area contributed by atoms with Crippen LogP contribution in [0.25, 0.3) is 5.69 Å². The smallest absolute Gasteiger partial charge is 0.137 e. The van der Waals surface area contributed by atoms with E-state index in [-0.39, 0.29) is 5.82 Å². The number of benzene rings is 1. The number of aromatic nitrogens is 3. The molecule has 0 bridgehead atoms. The van der Waals surface area contributed by atoms with Crippen LogP contribution in [0.3, 0.4) is 0 Å². The van der Waals surface area contributed by atoms with E-state index in [9.17, 15) is 4.39 Å². The van der Waals surface area contributed by atoms with Gasteiger partial charge in [0.2, 0.25) is 0 Å². The zero-order valence-electron chi connectivity index (χ0n) is 20.8. The second-order valence-electron chi connectivity index (χ2n) is 8.94. The fourth-order valence-electron chi connectivity index (χ4n) is 4.70. The number of hydrogen-bond acceptors (Lipinski definition) is 5. The van der Waals surface area contributed by atoms with Gasteiger partial charge in [-0.25, -0.2) is 9.07 Å². The summed E-state index contributed by atoms with van der Waals surface area (Å²) in [4.78, 5) is 11.9. The molecule has 0 unspecified atom stereocenters. The number of halogens is 1. The molecule has 0 aliphatic carbocycles. The molecule has 6 nitrogen and oxygen atoms in total. The molecule has 0 N–H and O–H groups in total. The Balaban J connectivity index is 1.74. The Bertz CT molecular complexity index is 1040. The van der Waals surface area contributed by atoms with Crippen molar-refractivity contribution >= 4 is 5.82 Å². The predicted octanol–water partition coefficient (Wildman–Crippen LogP) is 4.52. The summed E-state index contributed by atoms with van der Waals surface area (Å²) >= 11 is 0. The molecule has 0 radical (unpaired) electrons. The van der Waals surface area contributed by atoms with Gasteiger partial charge in [0.05, 0.1) is 17.1 Å². The van der Waals surface area contributed by atoms with E-state index in [2.05, 4.69) is 46.5 Å². The third-order valence-corrected chi connectivity index (χ3v) is 6.64. The summed E-state index contributed by atoms with van der Waals surface area (Å²) in [5, 5.41) is 5.07. The molecule has 4 rings (SSSR count). The Labute approximate surface area is 203 Å². The number of pyridine rings is 1. The molecular weight excluding hydrogens is 427 g/mol. The first-order valence-electron chi connectivity index (χ1n) is 12.6. The van der Waals surface area contributed by atoms with Crippen molar-refractivity contribution in [3.8, 4) is 5.69 Å². The van der Waals surface area contributed by atoms with Gasteiger partial charge in [-0.05, 0) is 49.8 Å².